The van der Waals surface area contributed by atoms with Gasteiger partial charge in [-0.3, -0.25) is 4.79 Å². The molecule has 1 aromatic carbocycles. The second-order valence-electron chi connectivity index (χ2n) is 10.6. The molecule has 3 aliphatic heterocycles. The molecule has 1 unspecified atom stereocenters. The van der Waals surface area contributed by atoms with Gasteiger partial charge in [-0.25, -0.2) is 9.37 Å². The summed E-state index contributed by atoms with van der Waals surface area (Å²) in [5.41, 5.74) is 1.15. The third-order valence-corrected chi connectivity index (χ3v) is 7.90. The number of aromatic nitrogens is 3. The Kier molecular flexibility index (Phi) is 6.93. The SMILES string of the molecule is CN1CCNC(C(F)(F)F)COc2ccc(F)cc2C(=O)N2CCCC[C@H]2c2cc3nc(N4CCC4)cc1n3n2. The van der Waals surface area contributed by atoms with Crippen molar-refractivity contribution in [3.8, 4) is 5.75 Å². The molecule has 6 rings (SSSR count). The smallest absolute Gasteiger partial charge is 0.407 e. The second kappa shape index (κ2) is 10.4. The number of ether oxygens (including phenoxy) is 1. The van der Waals surface area contributed by atoms with Crippen molar-refractivity contribution in [2.24, 2.45) is 0 Å². The van der Waals surface area contributed by atoms with Crippen LogP contribution in [0, 0.1) is 5.82 Å². The zero-order valence-corrected chi connectivity index (χ0v) is 22.1. The van der Waals surface area contributed by atoms with E-state index in [-0.39, 0.29) is 24.4 Å². The van der Waals surface area contributed by atoms with Crippen molar-refractivity contribution < 1.29 is 27.1 Å². The maximum absolute atomic E-state index is 14.3. The molecule has 0 saturated carbocycles. The van der Waals surface area contributed by atoms with Crippen LogP contribution in [0.5, 0.6) is 5.75 Å². The van der Waals surface area contributed by atoms with Gasteiger partial charge in [0.15, 0.2) is 5.65 Å². The summed E-state index contributed by atoms with van der Waals surface area (Å²) in [5, 5.41) is 7.40. The first-order valence-corrected chi connectivity index (χ1v) is 13.6. The number of benzene rings is 1. The Morgan fingerprint density at radius 2 is 1.88 bits per heavy atom. The van der Waals surface area contributed by atoms with Crippen molar-refractivity contribution >= 4 is 23.2 Å². The molecule has 1 N–H and O–H groups in total. The Morgan fingerprint density at radius 1 is 1.05 bits per heavy atom. The van der Waals surface area contributed by atoms with Crippen molar-refractivity contribution in [3.63, 3.8) is 0 Å². The number of rotatable bonds is 1. The molecular formula is C27H31F4N7O2. The highest BCUT2D eigenvalue weighted by Crippen LogP contribution is 2.35. The van der Waals surface area contributed by atoms with E-state index in [0.717, 1.165) is 50.3 Å². The predicted octanol–water partition coefficient (Wildman–Crippen LogP) is 3.80. The molecule has 3 aliphatic rings. The first kappa shape index (κ1) is 26.6. The van der Waals surface area contributed by atoms with E-state index in [4.69, 9.17) is 14.8 Å². The fourth-order valence-electron chi connectivity index (χ4n) is 5.50. The van der Waals surface area contributed by atoms with Crippen LogP contribution >= 0.6 is 0 Å². The van der Waals surface area contributed by atoms with Crippen LogP contribution in [0.2, 0.25) is 0 Å². The minimum atomic E-state index is -4.60. The van der Waals surface area contributed by atoms with Gasteiger partial charge in [0, 0.05) is 51.9 Å². The van der Waals surface area contributed by atoms with Crippen LogP contribution in [0.25, 0.3) is 5.65 Å². The van der Waals surface area contributed by atoms with Gasteiger partial charge < -0.3 is 24.8 Å². The van der Waals surface area contributed by atoms with Crippen LogP contribution in [0.4, 0.5) is 29.2 Å². The third-order valence-electron chi connectivity index (χ3n) is 7.90. The molecule has 2 fully saturated rings. The summed E-state index contributed by atoms with van der Waals surface area (Å²) in [5.74, 6) is 0.196. The lowest BCUT2D eigenvalue weighted by Crippen LogP contribution is -2.48. The van der Waals surface area contributed by atoms with E-state index in [1.165, 1.54) is 6.07 Å². The molecule has 5 heterocycles. The van der Waals surface area contributed by atoms with Gasteiger partial charge in [0.2, 0.25) is 0 Å². The van der Waals surface area contributed by atoms with E-state index in [2.05, 4.69) is 10.2 Å². The van der Waals surface area contributed by atoms with E-state index >= 15 is 0 Å². The summed E-state index contributed by atoms with van der Waals surface area (Å²) in [7, 11) is 1.81. The van der Waals surface area contributed by atoms with Crippen molar-refractivity contribution in [1.82, 2.24) is 24.8 Å². The van der Waals surface area contributed by atoms with Gasteiger partial charge in [-0.2, -0.15) is 22.8 Å². The highest BCUT2D eigenvalue weighted by Gasteiger charge is 2.40. The van der Waals surface area contributed by atoms with Crippen molar-refractivity contribution in [1.29, 1.82) is 0 Å². The Hall–Kier alpha value is -3.61. The quantitative estimate of drug-likeness (QED) is 0.453. The van der Waals surface area contributed by atoms with E-state index in [1.54, 1.807) is 16.5 Å². The van der Waals surface area contributed by atoms with Gasteiger partial charge in [0.1, 0.15) is 35.9 Å². The summed E-state index contributed by atoms with van der Waals surface area (Å²) in [6.07, 6.45) is -1.28. The molecule has 9 nitrogen and oxygen atoms in total. The van der Waals surface area contributed by atoms with Gasteiger partial charge in [0.25, 0.3) is 5.91 Å². The number of amides is 1. The average molecular weight is 562 g/mol. The van der Waals surface area contributed by atoms with Crippen LogP contribution in [-0.2, 0) is 0 Å². The highest BCUT2D eigenvalue weighted by molar-refractivity contribution is 5.97. The summed E-state index contributed by atoms with van der Waals surface area (Å²) in [4.78, 5) is 24.3. The molecule has 2 atom stereocenters. The van der Waals surface area contributed by atoms with Gasteiger partial charge in [0.05, 0.1) is 17.3 Å². The standard InChI is InChI=1S/C27H31F4N7O2/c1-35-12-8-32-22(27(29,30)31)16-40-21-7-6-17(28)13-18(21)26(39)37-11-3-2-5-20(37)19-14-24-33-23(36-9-4-10-36)15-25(35)38(24)34-19/h6-7,13-15,20,22,32H,2-5,8-12,16H2,1H3/t20-,22?/m0/s1. The maximum atomic E-state index is 14.3. The number of alkyl halides is 3. The Labute approximate surface area is 228 Å². The third kappa shape index (κ3) is 5.02. The first-order chi connectivity index (χ1) is 19.2. The second-order valence-corrected chi connectivity index (χ2v) is 10.6. The van der Waals surface area contributed by atoms with Gasteiger partial charge >= 0.3 is 6.18 Å². The fraction of sp³-hybridized carbons (Fsp3) is 0.519. The molecular weight excluding hydrogens is 530 g/mol. The van der Waals surface area contributed by atoms with E-state index < -0.39 is 36.6 Å². The summed E-state index contributed by atoms with van der Waals surface area (Å²) in [6, 6.07) is 4.70. The number of fused-ring (bicyclic) bond motifs is 4. The van der Waals surface area contributed by atoms with E-state index in [0.29, 0.717) is 30.1 Å². The van der Waals surface area contributed by atoms with Crippen LogP contribution < -0.4 is 19.9 Å². The Balaban J connectivity index is 1.47. The van der Waals surface area contributed by atoms with E-state index in [1.807, 2.05) is 17.0 Å². The summed E-state index contributed by atoms with van der Waals surface area (Å²) >= 11 is 0. The minimum Gasteiger partial charge on any atom is -0.491 e. The number of anilines is 2. The van der Waals surface area contributed by atoms with Crippen LogP contribution in [0.15, 0.2) is 30.3 Å². The highest BCUT2D eigenvalue weighted by atomic mass is 19.4. The molecule has 0 aliphatic carbocycles. The van der Waals surface area contributed by atoms with Gasteiger partial charge in [-0.1, -0.05) is 0 Å². The summed E-state index contributed by atoms with van der Waals surface area (Å²) in [6.45, 7) is 1.66. The largest absolute Gasteiger partial charge is 0.491 e. The van der Waals surface area contributed by atoms with Crippen LogP contribution in [0.3, 0.4) is 0 Å². The number of hydrogen-bond donors (Lipinski definition) is 1. The van der Waals surface area contributed by atoms with E-state index in [9.17, 15) is 22.4 Å². The minimum absolute atomic E-state index is 0.00658. The number of hydrogen-bond acceptors (Lipinski definition) is 7. The lowest BCUT2D eigenvalue weighted by Gasteiger charge is -2.35. The fourth-order valence-corrected chi connectivity index (χ4v) is 5.50. The summed E-state index contributed by atoms with van der Waals surface area (Å²) < 4.78 is 63.3. The lowest BCUT2D eigenvalue weighted by molar-refractivity contribution is -0.161. The Morgan fingerprint density at radius 3 is 2.62 bits per heavy atom. The first-order valence-electron chi connectivity index (χ1n) is 13.6. The molecule has 0 spiro atoms. The normalized spacial score (nSPS) is 22.6. The molecule has 1 amide bonds. The van der Waals surface area contributed by atoms with Crippen LogP contribution in [0.1, 0.15) is 47.8 Å². The monoisotopic (exact) mass is 561 g/mol. The van der Waals surface area contributed by atoms with Crippen LogP contribution in [-0.4, -0.2) is 84.0 Å². The lowest BCUT2D eigenvalue weighted by atomic mass is 9.98. The molecule has 214 valence electrons. The molecule has 0 radical (unpaired) electrons. The average Bonchev–Trinajstić information content (AvgIpc) is 3.32. The van der Waals surface area contributed by atoms with Gasteiger partial charge in [-0.05, 0) is 43.9 Å². The topological polar surface area (TPSA) is 78.2 Å². The molecule has 2 aromatic heterocycles. The number of halogens is 4. The predicted molar refractivity (Wildman–Crippen MR) is 140 cm³/mol. The zero-order chi connectivity index (χ0) is 28.0. The number of nitrogens with zero attached hydrogens (tertiary/aromatic N) is 6. The maximum Gasteiger partial charge on any atom is 0.407 e. The van der Waals surface area contributed by atoms with Crippen molar-refractivity contribution in [3.05, 3.63) is 47.4 Å². The number of carbonyl (C=O) groups is 1. The zero-order valence-electron chi connectivity index (χ0n) is 22.1. The number of nitrogens with one attached hydrogen (secondary N) is 1. The van der Waals surface area contributed by atoms with Crippen molar-refractivity contribution in [2.45, 2.75) is 43.9 Å². The molecule has 3 aromatic rings. The molecule has 2 saturated heterocycles. The van der Waals surface area contributed by atoms with Gasteiger partial charge in [-0.15, -0.1) is 0 Å². The molecule has 13 heteroatoms. The van der Waals surface area contributed by atoms with Crippen molar-refractivity contribution in [2.75, 3.05) is 56.2 Å². The number of piperidine rings is 1. The number of carbonyl (C=O) groups excluding carboxylic acids is 1. The molecule has 2 bridgehead atoms. The number of likely N-dealkylation sites (N-methyl/N-ethyl adjacent to an activating group) is 1. The Bertz CT molecular complexity index is 1410. The molecule has 40 heavy (non-hydrogen) atoms.